The molecular weight excluding hydrogens is 347 g/mol. The molecule has 1 aromatic rings. The summed E-state index contributed by atoms with van der Waals surface area (Å²) in [5.74, 6) is -0.251. The molecule has 5 nitrogen and oxygen atoms in total. The molecule has 0 heterocycles. The first-order valence-corrected chi connectivity index (χ1v) is 6.86. The van der Waals surface area contributed by atoms with Crippen molar-refractivity contribution < 1.29 is 9.72 Å². The SMILES string of the molecule is CCCCCNC(=O)c1cc([N+](=O)[O-])ccc1I. The molecule has 0 fully saturated rings. The van der Waals surface area contributed by atoms with Crippen LogP contribution in [-0.4, -0.2) is 17.4 Å². The third-order valence-corrected chi connectivity index (χ3v) is 3.41. The molecule has 0 aliphatic carbocycles. The van der Waals surface area contributed by atoms with Crippen molar-refractivity contribution in [3.63, 3.8) is 0 Å². The summed E-state index contributed by atoms with van der Waals surface area (Å²) in [7, 11) is 0. The zero-order chi connectivity index (χ0) is 13.5. The Hall–Kier alpha value is -1.18. The molecule has 0 saturated carbocycles. The highest BCUT2D eigenvalue weighted by Crippen LogP contribution is 2.19. The van der Waals surface area contributed by atoms with Gasteiger partial charge in [-0.1, -0.05) is 19.8 Å². The number of unbranched alkanes of at least 4 members (excludes halogenated alkanes) is 2. The lowest BCUT2D eigenvalue weighted by molar-refractivity contribution is -0.384. The third kappa shape index (κ3) is 4.25. The average molecular weight is 362 g/mol. The Balaban J connectivity index is 2.72. The van der Waals surface area contributed by atoms with Gasteiger partial charge < -0.3 is 5.32 Å². The van der Waals surface area contributed by atoms with E-state index in [1.165, 1.54) is 12.1 Å². The molecule has 1 aromatic carbocycles. The van der Waals surface area contributed by atoms with Crippen LogP contribution in [0.1, 0.15) is 36.5 Å². The van der Waals surface area contributed by atoms with Gasteiger partial charge in [0, 0.05) is 22.2 Å². The van der Waals surface area contributed by atoms with E-state index in [0.717, 1.165) is 19.3 Å². The van der Waals surface area contributed by atoms with Gasteiger partial charge >= 0.3 is 0 Å². The van der Waals surface area contributed by atoms with E-state index in [0.29, 0.717) is 15.7 Å². The summed E-state index contributed by atoms with van der Waals surface area (Å²) >= 11 is 2.00. The topological polar surface area (TPSA) is 72.2 Å². The third-order valence-electron chi connectivity index (χ3n) is 2.47. The second kappa shape index (κ2) is 7.30. The molecule has 0 spiro atoms. The summed E-state index contributed by atoms with van der Waals surface area (Å²) in [5.41, 5.74) is 0.301. The molecule has 98 valence electrons. The Morgan fingerprint density at radius 1 is 1.44 bits per heavy atom. The van der Waals surface area contributed by atoms with Crippen molar-refractivity contribution in [3.8, 4) is 0 Å². The zero-order valence-corrected chi connectivity index (χ0v) is 12.3. The van der Waals surface area contributed by atoms with E-state index in [9.17, 15) is 14.9 Å². The molecule has 0 bridgehead atoms. The number of carbonyl (C=O) groups is 1. The van der Waals surface area contributed by atoms with Crippen LogP contribution in [0.15, 0.2) is 18.2 Å². The molecule has 6 heteroatoms. The molecule has 0 atom stereocenters. The minimum atomic E-state index is -0.496. The fourth-order valence-corrected chi connectivity index (χ4v) is 2.05. The maximum absolute atomic E-state index is 11.9. The Kier molecular flexibility index (Phi) is 6.03. The fourth-order valence-electron chi connectivity index (χ4n) is 1.47. The molecule has 0 aromatic heterocycles. The Labute approximate surface area is 119 Å². The van der Waals surface area contributed by atoms with E-state index < -0.39 is 4.92 Å². The number of nitro groups is 1. The molecule has 1 N–H and O–H groups in total. The molecule has 0 aliphatic heterocycles. The van der Waals surface area contributed by atoms with Crippen LogP contribution in [0.25, 0.3) is 0 Å². The Bertz CT molecular complexity index is 449. The number of nitrogens with one attached hydrogen (secondary N) is 1. The molecule has 0 aliphatic rings. The number of amides is 1. The first-order valence-electron chi connectivity index (χ1n) is 5.78. The van der Waals surface area contributed by atoms with Crippen LogP contribution in [-0.2, 0) is 0 Å². The van der Waals surface area contributed by atoms with E-state index in [2.05, 4.69) is 12.2 Å². The second-order valence-electron chi connectivity index (χ2n) is 3.88. The molecular formula is C12H15IN2O3. The van der Waals surface area contributed by atoms with Crippen LogP contribution in [0.4, 0.5) is 5.69 Å². The molecule has 1 amide bonds. The van der Waals surface area contributed by atoms with Crippen molar-refractivity contribution in [2.75, 3.05) is 6.54 Å². The lowest BCUT2D eigenvalue weighted by Gasteiger charge is -2.06. The minimum absolute atomic E-state index is 0.0610. The van der Waals surface area contributed by atoms with Crippen LogP contribution in [0.3, 0.4) is 0 Å². The number of carbonyl (C=O) groups excluding carboxylic acids is 1. The summed E-state index contributed by atoms with van der Waals surface area (Å²) < 4.78 is 0.714. The largest absolute Gasteiger partial charge is 0.352 e. The summed E-state index contributed by atoms with van der Waals surface area (Å²) in [6.45, 7) is 2.69. The molecule has 18 heavy (non-hydrogen) atoms. The lowest BCUT2D eigenvalue weighted by Crippen LogP contribution is -2.25. The van der Waals surface area contributed by atoms with Crippen molar-refractivity contribution >= 4 is 34.2 Å². The van der Waals surface area contributed by atoms with E-state index in [1.54, 1.807) is 6.07 Å². The highest BCUT2D eigenvalue weighted by molar-refractivity contribution is 14.1. The van der Waals surface area contributed by atoms with Gasteiger partial charge in [0.05, 0.1) is 10.5 Å². The number of non-ortho nitro benzene ring substituents is 1. The number of halogens is 1. The molecule has 0 unspecified atom stereocenters. The normalized spacial score (nSPS) is 10.1. The smallest absolute Gasteiger partial charge is 0.270 e. The predicted octanol–water partition coefficient (Wildman–Crippen LogP) is 3.12. The highest BCUT2D eigenvalue weighted by atomic mass is 127. The van der Waals surface area contributed by atoms with Crippen LogP contribution < -0.4 is 5.32 Å². The van der Waals surface area contributed by atoms with E-state index in [4.69, 9.17) is 0 Å². The number of nitrogens with zero attached hydrogens (tertiary/aromatic N) is 1. The van der Waals surface area contributed by atoms with Gasteiger partial charge in [-0.2, -0.15) is 0 Å². The minimum Gasteiger partial charge on any atom is -0.352 e. The Morgan fingerprint density at radius 3 is 2.78 bits per heavy atom. The quantitative estimate of drug-likeness (QED) is 0.366. The van der Waals surface area contributed by atoms with Gasteiger partial charge in [-0.15, -0.1) is 0 Å². The van der Waals surface area contributed by atoms with Gasteiger partial charge in [-0.05, 0) is 35.1 Å². The zero-order valence-electron chi connectivity index (χ0n) is 10.1. The van der Waals surface area contributed by atoms with E-state index in [1.807, 2.05) is 22.6 Å². The monoisotopic (exact) mass is 362 g/mol. The average Bonchev–Trinajstić information content (AvgIpc) is 2.34. The van der Waals surface area contributed by atoms with E-state index >= 15 is 0 Å². The summed E-state index contributed by atoms with van der Waals surface area (Å²) in [6.07, 6.45) is 3.07. The second-order valence-corrected chi connectivity index (χ2v) is 5.05. The van der Waals surface area contributed by atoms with Gasteiger partial charge in [0.2, 0.25) is 0 Å². The van der Waals surface area contributed by atoms with Crippen molar-refractivity contribution in [1.29, 1.82) is 0 Å². The first-order chi connectivity index (χ1) is 8.56. The summed E-state index contributed by atoms with van der Waals surface area (Å²) in [6, 6.07) is 4.30. The lowest BCUT2D eigenvalue weighted by atomic mass is 10.2. The van der Waals surface area contributed by atoms with Crippen LogP contribution >= 0.6 is 22.6 Å². The highest BCUT2D eigenvalue weighted by Gasteiger charge is 2.14. The van der Waals surface area contributed by atoms with E-state index in [-0.39, 0.29) is 11.6 Å². The van der Waals surface area contributed by atoms with Gasteiger partial charge in [-0.3, -0.25) is 14.9 Å². The maximum atomic E-state index is 11.9. The maximum Gasteiger partial charge on any atom is 0.270 e. The fraction of sp³-hybridized carbons (Fsp3) is 0.417. The summed E-state index contributed by atoms with van der Waals surface area (Å²) in [5, 5.41) is 13.4. The number of rotatable bonds is 6. The number of benzene rings is 1. The number of hydrogen-bond acceptors (Lipinski definition) is 3. The van der Waals surface area contributed by atoms with Crippen molar-refractivity contribution in [2.45, 2.75) is 26.2 Å². The van der Waals surface area contributed by atoms with Gasteiger partial charge in [0.25, 0.3) is 11.6 Å². The van der Waals surface area contributed by atoms with Gasteiger partial charge in [-0.25, -0.2) is 0 Å². The number of nitro benzene ring substituents is 1. The summed E-state index contributed by atoms with van der Waals surface area (Å²) in [4.78, 5) is 22.0. The predicted molar refractivity (Wildman–Crippen MR) is 77.7 cm³/mol. The van der Waals surface area contributed by atoms with Crippen LogP contribution in [0, 0.1) is 13.7 Å². The standard InChI is InChI=1S/C12H15IN2O3/c1-2-3-4-7-14-12(16)10-8-9(15(17)18)5-6-11(10)13/h5-6,8H,2-4,7H2,1H3,(H,14,16). The molecule has 0 radical (unpaired) electrons. The van der Waals surface area contributed by atoms with Crippen LogP contribution in [0.5, 0.6) is 0 Å². The van der Waals surface area contributed by atoms with Crippen LogP contribution in [0.2, 0.25) is 0 Å². The Morgan fingerprint density at radius 2 is 2.17 bits per heavy atom. The first kappa shape index (κ1) is 14.9. The van der Waals surface area contributed by atoms with Crippen molar-refractivity contribution in [3.05, 3.63) is 37.4 Å². The van der Waals surface area contributed by atoms with Gasteiger partial charge in [0.1, 0.15) is 0 Å². The molecule has 0 saturated heterocycles. The number of hydrogen-bond donors (Lipinski definition) is 1. The van der Waals surface area contributed by atoms with Crippen molar-refractivity contribution in [1.82, 2.24) is 5.32 Å². The van der Waals surface area contributed by atoms with Gasteiger partial charge in [0.15, 0.2) is 0 Å². The van der Waals surface area contributed by atoms with Crippen molar-refractivity contribution in [2.24, 2.45) is 0 Å². The molecule has 1 rings (SSSR count).